The summed E-state index contributed by atoms with van der Waals surface area (Å²) in [5.74, 6) is 0.876. The van der Waals surface area contributed by atoms with E-state index in [9.17, 15) is 9.59 Å². The predicted molar refractivity (Wildman–Crippen MR) is 120 cm³/mol. The quantitative estimate of drug-likeness (QED) is 0.622. The van der Waals surface area contributed by atoms with Crippen molar-refractivity contribution in [2.24, 2.45) is 5.92 Å². The molecule has 5 nitrogen and oxygen atoms in total. The van der Waals surface area contributed by atoms with Crippen LogP contribution in [-0.4, -0.2) is 33.4 Å². The van der Waals surface area contributed by atoms with Gasteiger partial charge in [0.2, 0.25) is 5.91 Å². The lowest BCUT2D eigenvalue weighted by molar-refractivity contribution is -0.136. The second-order valence-corrected chi connectivity index (χ2v) is 8.53. The molecule has 0 N–H and O–H groups in total. The Balaban J connectivity index is 1.93. The third-order valence-electron chi connectivity index (χ3n) is 5.80. The molecule has 0 spiro atoms. The number of amides is 1. The molecule has 0 saturated carbocycles. The average molecular weight is 404 g/mol. The van der Waals surface area contributed by atoms with E-state index in [1.54, 1.807) is 10.6 Å². The predicted octanol–water partition coefficient (Wildman–Crippen LogP) is 4.66. The molecule has 0 bridgehead atoms. The van der Waals surface area contributed by atoms with Crippen molar-refractivity contribution in [3.63, 3.8) is 0 Å². The number of rotatable bonds is 5. The van der Waals surface area contributed by atoms with Gasteiger partial charge in [-0.2, -0.15) is 0 Å². The van der Waals surface area contributed by atoms with Gasteiger partial charge in [0.1, 0.15) is 11.9 Å². The van der Waals surface area contributed by atoms with Crippen LogP contribution in [0.25, 0.3) is 22.3 Å². The zero-order valence-electron chi connectivity index (χ0n) is 17.8. The number of nitrogens with zero attached hydrogens (tertiary/aromatic N) is 3. The molecule has 3 aromatic rings. The van der Waals surface area contributed by atoms with Gasteiger partial charge < -0.3 is 4.90 Å². The second-order valence-electron chi connectivity index (χ2n) is 8.53. The van der Waals surface area contributed by atoms with Gasteiger partial charge in [0, 0.05) is 18.7 Å². The van der Waals surface area contributed by atoms with E-state index < -0.39 is 6.04 Å². The standard InChI is InChI=1S/C25H29N3O2/c1-18(2)17-22(25(30)27-15-9-4-10-16-27)28-23(19-11-5-3-6-12-19)26-21-14-8-7-13-20(21)24(28)29/h3,5-8,11-14,18,22H,4,9-10,15-17H2,1-2H3. The summed E-state index contributed by atoms with van der Waals surface area (Å²) < 4.78 is 1.66. The number of carbonyl (C=O) groups excluding carboxylic acids is 1. The molecule has 156 valence electrons. The normalized spacial score (nSPS) is 15.5. The van der Waals surface area contributed by atoms with Crippen molar-refractivity contribution in [3.05, 3.63) is 65.0 Å². The second kappa shape index (κ2) is 8.82. The highest BCUT2D eigenvalue weighted by atomic mass is 16.2. The van der Waals surface area contributed by atoms with Gasteiger partial charge in [-0.05, 0) is 43.7 Å². The topological polar surface area (TPSA) is 55.2 Å². The fraction of sp³-hybridized carbons (Fsp3) is 0.400. The monoisotopic (exact) mass is 403 g/mol. The first kappa shape index (κ1) is 20.3. The lowest BCUT2D eigenvalue weighted by Gasteiger charge is -2.32. The summed E-state index contributed by atoms with van der Waals surface area (Å²) in [6, 6.07) is 16.6. The number of likely N-dealkylation sites (tertiary alicyclic amines) is 1. The Morgan fingerprint density at radius 3 is 2.33 bits per heavy atom. The molecule has 1 unspecified atom stereocenters. The number of hydrogen-bond donors (Lipinski definition) is 0. The van der Waals surface area contributed by atoms with Crippen molar-refractivity contribution in [1.82, 2.24) is 14.5 Å². The molecule has 4 rings (SSSR count). The summed E-state index contributed by atoms with van der Waals surface area (Å²) in [6.07, 6.45) is 3.81. The van der Waals surface area contributed by atoms with Crippen LogP contribution < -0.4 is 5.56 Å². The molecule has 2 heterocycles. The highest BCUT2D eigenvalue weighted by Crippen LogP contribution is 2.27. The molecule has 2 aromatic carbocycles. The van der Waals surface area contributed by atoms with E-state index in [0.717, 1.165) is 37.9 Å². The van der Waals surface area contributed by atoms with Crippen LogP contribution in [0.3, 0.4) is 0 Å². The first-order valence-corrected chi connectivity index (χ1v) is 10.9. The van der Waals surface area contributed by atoms with E-state index in [-0.39, 0.29) is 17.4 Å². The number of fused-ring (bicyclic) bond motifs is 1. The summed E-state index contributed by atoms with van der Waals surface area (Å²) in [7, 11) is 0. The Bertz CT molecular complexity index is 1080. The summed E-state index contributed by atoms with van der Waals surface area (Å²) in [5.41, 5.74) is 1.36. The van der Waals surface area contributed by atoms with Crippen LogP contribution in [0.15, 0.2) is 59.4 Å². The van der Waals surface area contributed by atoms with E-state index in [1.165, 1.54) is 0 Å². The first-order valence-electron chi connectivity index (χ1n) is 10.9. The van der Waals surface area contributed by atoms with Crippen LogP contribution >= 0.6 is 0 Å². The van der Waals surface area contributed by atoms with Crippen molar-refractivity contribution >= 4 is 16.8 Å². The lowest BCUT2D eigenvalue weighted by atomic mass is 10.00. The molecule has 1 aliphatic heterocycles. The van der Waals surface area contributed by atoms with Gasteiger partial charge in [-0.3, -0.25) is 14.2 Å². The largest absolute Gasteiger partial charge is 0.341 e. The number of para-hydroxylation sites is 1. The van der Waals surface area contributed by atoms with Gasteiger partial charge in [-0.25, -0.2) is 4.98 Å². The van der Waals surface area contributed by atoms with E-state index in [4.69, 9.17) is 4.98 Å². The van der Waals surface area contributed by atoms with Gasteiger partial charge in [0.25, 0.3) is 5.56 Å². The number of carbonyl (C=O) groups is 1. The summed E-state index contributed by atoms with van der Waals surface area (Å²) in [4.78, 5) is 34.1. The molecule has 1 fully saturated rings. The Kier molecular flexibility index (Phi) is 5.98. The zero-order chi connectivity index (χ0) is 21.1. The molecular formula is C25H29N3O2. The maximum atomic E-state index is 13.7. The van der Waals surface area contributed by atoms with Crippen molar-refractivity contribution in [2.45, 2.75) is 45.6 Å². The SMILES string of the molecule is CC(C)CC(C(=O)N1CCCCC1)n1c(-c2ccccc2)nc2ccccc2c1=O. The van der Waals surface area contributed by atoms with Crippen LogP contribution in [0.1, 0.15) is 45.6 Å². The van der Waals surface area contributed by atoms with Crippen molar-refractivity contribution in [1.29, 1.82) is 0 Å². The minimum atomic E-state index is -0.553. The molecule has 1 amide bonds. The minimum absolute atomic E-state index is 0.0414. The molecule has 30 heavy (non-hydrogen) atoms. The number of aromatic nitrogens is 2. The summed E-state index contributed by atoms with van der Waals surface area (Å²) in [6.45, 7) is 5.73. The average Bonchev–Trinajstić information content (AvgIpc) is 2.78. The molecule has 1 aromatic heterocycles. The zero-order valence-corrected chi connectivity index (χ0v) is 17.8. The van der Waals surface area contributed by atoms with Crippen LogP contribution in [-0.2, 0) is 4.79 Å². The number of piperidine rings is 1. The van der Waals surface area contributed by atoms with Crippen molar-refractivity contribution in [3.8, 4) is 11.4 Å². The maximum Gasteiger partial charge on any atom is 0.262 e. The summed E-state index contributed by atoms with van der Waals surface area (Å²) >= 11 is 0. The Morgan fingerprint density at radius 2 is 1.63 bits per heavy atom. The Morgan fingerprint density at radius 1 is 0.967 bits per heavy atom. The number of hydrogen-bond acceptors (Lipinski definition) is 3. The smallest absolute Gasteiger partial charge is 0.262 e. The molecule has 1 atom stereocenters. The van der Waals surface area contributed by atoms with Crippen LogP contribution in [0.4, 0.5) is 0 Å². The summed E-state index contributed by atoms with van der Waals surface area (Å²) in [5, 5.41) is 0.553. The lowest BCUT2D eigenvalue weighted by Crippen LogP contribution is -2.44. The Labute approximate surface area is 177 Å². The van der Waals surface area contributed by atoms with E-state index in [0.29, 0.717) is 23.1 Å². The van der Waals surface area contributed by atoms with Gasteiger partial charge in [-0.15, -0.1) is 0 Å². The highest BCUT2D eigenvalue weighted by molar-refractivity contribution is 5.84. The number of benzene rings is 2. The fourth-order valence-corrected chi connectivity index (χ4v) is 4.31. The molecule has 1 saturated heterocycles. The van der Waals surface area contributed by atoms with Crippen LogP contribution in [0, 0.1) is 5.92 Å². The van der Waals surface area contributed by atoms with Crippen LogP contribution in [0.5, 0.6) is 0 Å². The Hall–Kier alpha value is -2.95. The van der Waals surface area contributed by atoms with Crippen molar-refractivity contribution < 1.29 is 4.79 Å². The first-order chi connectivity index (χ1) is 14.6. The third kappa shape index (κ3) is 4.02. The fourth-order valence-electron chi connectivity index (χ4n) is 4.31. The van der Waals surface area contributed by atoms with Gasteiger partial charge in [-0.1, -0.05) is 56.3 Å². The van der Waals surface area contributed by atoms with E-state index >= 15 is 0 Å². The van der Waals surface area contributed by atoms with Gasteiger partial charge in [0.05, 0.1) is 10.9 Å². The molecule has 0 radical (unpaired) electrons. The van der Waals surface area contributed by atoms with E-state index in [1.807, 2.05) is 53.4 Å². The highest BCUT2D eigenvalue weighted by Gasteiger charge is 2.31. The molecule has 0 aliphatic carbocycles. The minimum Gasteiger partial charge on any atom is -0.341 e. The molecule has 5 heteroatoms. The van der Waals surface area contributed by atoms with Crippen molar-refractivity contribution in [2.75, 3.05) is 13.1 Å². The van der Waals surface area contributed by atoms with Crippen LogP contribution in [0.2, 0.25) is 0 Å². The third-order valence-corrected chi connectivity index (χ3v) is 5.80. The van der Waals surface area contributed by atoms with Gasteiger partial charge in [0.15, 0.2) is 0 Å². The van der Waals surface area contributed by atoms with E-state index in [2.05, 4.69) is 13.8 Å². The van der Waals surface area contributed by atoms with Gasteiger partial charge >= 0.3 is 0 Å². The maximum absolute atomic E-state index is 13.7. The molecule has 1 aliphatic rings. The molecular weight excluding hydrogens is 374 g/mol.